The second-order valence-corrected chi connectivity index (χ2v) is 10.7. The molecule has 0 bridgehead atoms. The van der Waals surface area contributed by atoms with E-state index in [-0.39, 0.29) is 37.8 Å². The molecule has 2 aliphatic rings. The number of para-hydroxylation sites is 3. The molecular formula is C31H31N7O5. The van der Waals surface area contributed by atoms with Crippen LogP contribution in [0.4, 0.5) is 0 Å². The Morgan fingerprint density at radius 1 is 1.02 bits per heavy atom. The van der Waals surface area contributed by atoms with Gasteiger partial charge in [-0.2, -0.15) is 0 Å². The summed E-state index contributed by atoms with van der Waals surface area (Å²) in [6, 6.07) is 19.6. The molecule has 2 aromatic heterocycles. The quantitative estimate of drug-likeness (QED) is 0.282. The van der Waals surface area contributed by atoms with Gasteiger partial charge in [0, 0.05) is 26.7 Å². The lowest BCUT2D eigenvalue weighted by Crippen LogP contribution is -2.47. The predicted octanol–water partition coefficient (Wildman–Crippen LogP) is 3.11. The van der Waals surface area contributed by atoms with E-state index < -0.39 is 6.04 Å². The summed E-state index contributed by atoms with van der Waals surface area (Å²) in [5.41, 5.74) is 3.76. The van der Waals surface area contributed by atoms with Crippen LogP contribution in [0.3, 0.4) is 0 Å². The number of aryl methyl sites for hydroxylation is 1. The molecule has 220 valence electrons. The van der Waals surface area contributed by atoms with Crippen molar-refractivity contribution in [2.75, 3.05) is 19.9 Å². The highest BCUT2D eigenvalue weighted by Crippen LogP contribution is 2.34. The number of carbonyl (C=O) groups excluding carboxylic acids is 2. The summed E-state index contributed by atoms with van der Waals surface area (Å²) in [7, 11) is 1.86. The molecule has 12 heteroatoms. The van der Waals surface area contributed by atoms with Crippen LogP contribution in [0, 0.1) is 0 Å². The Morgan fingerprint density at radius 3 is 2.63 bits per heavy atom. The third-order valence-corrected chi connectivity index (χ3v) is 7.97. The Bertz CT molecular complexity index is 1810. The number of carbonyl (C=O) groups is 2. The Kier molecular flexibility index (Phi) is 7.11. The smallest absolute Gasteiger partial charge is 0.250 e. The van der Waals surface area contributed by atoms with Crippen LogP contribution < -0.4 is 14.8 Å². The van der Waals surface area contributed by atoms with E-state index in [0.717, 1.165) is 35.0 Å². The van der Waals surface area contributed by atoms with Crippen LogP contribution in [-0.2, 0) is 34.5 Å². The second-order valence-electron chi connectivity index (χ2n) is 10.7. The summed E-state index contributed by atoms with van der Waals surface area (Å²) in [5.74, 6) is 1.01. The van der Waals surface area contributed by atoms with Gasteiger partial charge in [0.15, 0.2) is 17.5 Å². The van der Waals surface area contributed by atoms with Crippen molar-refractivity contribution >= 4 is 33.9 Å². The highest BCUT2D eigenvalue weighted by molar-refractivity contribution is 5.90. The SMILES string of the molecule is Cn1c(C(C(=O)NCC2CCCO2)N(Cc2ccc3c(c2)OCO3)C(=O)Cn2nnc3ccccc32)nc2ccccc21. The van der Waals surface area contributed by atoms with Gasteiger partial charge in [-0.15, -0.1) is 5.10 Å². The molecule has 2 amide bonds. The molecule has 7 rings (SSSR count). The number of ether oxygens (including phenoxy) is 3. The first-order valence-electron chi connectivity index (χ1n) is 14.3. The van der Waals surface area contributed by atoms with Gasteiger partial charge < -0.3 is 29.0 Å². The summed E-state index contributed by atoms with van der Waals surface area (Å²) < 4.78 is 20.3. The number of amides is 2. The number of nitrogens with zero attached hydrogens (tertiary/aromatic N) is 6. The minimum absolute atomic E-state index is 0.0652. The maximum Gasteiger partial charge on any atom is 0.250 e. The molecular weight excluding hydrogens is 550 g/mol. The molecule has 12 nitrogen and oxygen atoms in total. The van der Waals surface area contributed by atoms with Crippen molar-refractivity contribution in [2.45, 2.75) is 38.1 Å². The van der Waals surface area contributed by atoms with E-state index in [1.54, 1.807) is 9.58 Å². The summed E-state index contributed by atoms with van der Waals surface area (Å²) >= 11 is 0. The van der Waals surface area contributed by atoms with Gasteiger partial charge in [-0.1, -0.05) is 35.5 Å². The number of hydrogen-bond acceptors (Lipinski definition) is 8. The highest BCUT2D eigenvalue weighted by atomic mass is 16.7. The lowest BCUT2D eigenvalue weighted by molar-refractivity contribution is -0.142. The molecule has 4 heterocycles. The Morgan fingerprint density at radius 2 is 1.81 bits per heavy atom. The van der Waals surface area contributed by atoms with E-state index in [9.17, 15) is 9.59 Å². The van der Waals surface area contributed by atoms with E-state index in [2.05, 4.69) is 15.6 Å². The molecule has 0 radical (unpaired) electrons. The number of imidazole rings is 1. The molecule has 2 atom stereocenters. The van der Waals surface area contributed by atoms with Crippen molar-refractivity contribution in [1.82, 2.24) is 34.8 Å². The number of benzene rings is 3. The maximum absolute atomic E-state index is 14.3. The molecule has 0 spiro atoms. The average Bonchev–Trinajstić information content (AvgIpc) is 3.84. The van der Waals surface area contributed by atoms with E-state index in [0.29, 0.717) is 36.0 Å². The average molecular weight is 582 g/mol. The topological polar surface area (TPSA) is 126 Å². The largest absolute Gasteiger partial charge is 0.454 e. The monoisotopic (exact) mass is 581 g/mol. The molecule has 3 aromatic carbocycles. The minimum Gasteiger partial charge on any atom is -0.454 e. The first-order chi connectivity index (χ1) is 21.0. The zero-order chi connectivity index (χ0) is 29.3. The van der Waals surface area contributed by atoms with Gasteiger partial charge in [0.25, 0.3) is 5.91 Å². The Balaban J connectivity index is 1.29. The lowest BCUT2D eigenvalue weighted by atomic mass is 10.1. The van der Waals surface area contributed by atoms with Gasteiger partial charge in [0.05, 0.1) is 22.7 Å². The molecule has 0 aliphatic carbocycles. The van der Waals surface area contributed by atoms with Crippen LogP contribution >= 0.6 is 0 Å². The highest BCUT2D eigenvalue weighted by Gasteiger charge is 2.36. The number of hydrogen-bond donors (Lipinski definition) is 1. The summed E-state index contributed by atoms with van der Waals surface area (Å²) in [6.45, 7) is 1.15. The van der Waals surface area contributed by atoms with Gasteiger partial charge in [0.1, 0.15) is 17.9 Å². The van der Waals surface area contributed by atoms with E-state index in [1.165, 1.54) is 0 Å². The summed E-state index contributed by atoms with van der Waals surface area (Å²) in [6.07, 6.45) is 1.76. The van der Waals surface area contributed by atoms with Crippen LogP contribution in [0.15, 0.2) is 66.7 Å². The molecule has 2 aliphatic heterocycles. The van der Waals surface area contributed by atoms with Crippen LogP contribution in [0.5, 0.6) is 11.5 Å². The van der Waals surface area contributed by atoms with Gasteiger partial charge in [0.2, 0.25) is 12.7 Å². The van der Waals surface area contributed by atoms with Gasteiger partial charge in [-0.05, 0) is 54.8 Å². The molecule has 1 fully saturated rings. The van der Waals surface area contributed by atoms with Crippen LogP contribution in [0.1, 0.15) is 30.3 Å². The predicted molar refractivity (Wildman–Crippen MR) is 156 cm³/mol. The maximum atomic E-state index is 14.3. The molecule has 43 heavy (non-hydrogen) atoms. The molecule has 0 saturated carbocycles. The minimum atomic E-state index is -1.05. The molecule has 5 aromatic rings. The number of fused-ring (bicyclic) bond motifs is 3. The lowest BCUT2D eigenvalue weighted by Gasteiger charge is -2.31. The van der Waals surface area contributed by atoms with E-state index in [4.69, 9.17) is 19.2 Å². The first kappa shape index (κ1) is 26.9. The zero-order valence-electron chi connectivity index (χ0n) is 23.7. The molecule has 2 unspecified atom stereocenters. The van der Waals surface area contributed by atoms with Gasteiger partial charge in [-0.25, -0.2) is 9.67 Å². The fourth-order valence-electron chi connectivity index (χ4n) is 5.74. The van der Waals surface area contributed by atoms with Crippen LogP contribution in [-0.4, -0.2) is 67.3 Å². The Labute approximate surface area is 247 Å². The van der Waals surface area contributed by atoms with Crippen LogP contribution in [0.2, 0.25) is 0 Å². The summed E-state index contributed by atoms with van der Waals surface area (Å²) in [5, 5.41) is 11.5. The van der Waals surface area contributed by atoms with Crippen molar-refractivity contribution in [3.63, 3.8) is 0 Å². The standard InChI is InChI=1S/C31H31N7O5/c1-36-24-10-4-2-8-22(24)33-30(36)29(31(40)32-16-21-7-6-14-41-21)37(17-20-12-13-26-27(15-20)43-19-42-26)28(39)18-38-25-11-5-3-9-23(25)34-35-38/h2-5,8-13,15,21,29H,6-7,14,16-19H2,1H3,(H,32,40). The first-order valence-corrected chi connectivity index (χ1v) is 14.3. The number of rotatable bonds is 9. The normalized spacial score (nSPS) is 16.5. The van der Waals surface area contributed by atoms with E-state index >= 15 is 0 Å². The molecule has 1 saturated heterocycles. The van der Waals surface area contributed by atoms with Gasteiger partial charge >= 0.3 is 0 Å². The van der Waals surface area contributed by atoms with E-state index in [1.807, 2.05) is 78.3 Å². The van der Waals surface area contributed by atoms with Crippen LogP contribution in [0.25, 0.3) is 22.1 Å². The number of nitrogens with one attached hydrogen (secondary N) is 1. The third-order valence-electron chi connectivity index (χ3n) is 7.97. The van der Waals surface area contributed by atoms with Crippen molar-refractivity contribution in [3.05, 3.63) is 78.1 Å². The third kappa shape index (κ3) is 5.25. The fraction of sp³-hybridized carbons (Fsp3) is 0.323. The number of aromatic nitrogens is 5. The van der Waals surface area contributed by atoms with Gasteiger partial charge in [-0.3, -0.25) is 9.59 Å². The second kappa shape index (κ2) is 11.4. The summed E-state index contributed by atoms with van der Waals surface area (Å²) in [4.78, 5) is 34.9. The fourth-order valence-corrected chi connectivity index (χ4v) is 5.74. The van der Waals surface area contributed by atoms with Crippen molar-refractivity contribution in [2.24, 2.45) is 7.05 Å². The van der Waals surface area contributed by atoms with Crippen molar-refractivity contribution in [3.8, 4) is 11.5 Å². The van der Waals surface area contributed by atoms with Crippen molar-refractivity contribution in [1.29, 1.82) is 0 Å². The Hall–Kier alpha value is -4.97. The molecule has 1 N–H and O–H groups in total. The van der Waals surface area contributed by atoms with Crippen molar-refractivity contribution < 1.29 is 23.8 Å². The zero-order valence-corrected chi connectivity index (χ0v) is 23.7.